The number of carbonyl (C=O) groups is 2. The minimum absolute atomic E-state index is 0.0201. The third-order valence-electron chi connectivity index (χ3n) is 4.57. The minimum Gasteiger partial charge on any atom is -0.456 e. The highest BCUT2D eigenvalue weighted by Gasteiger charge is 2.28. The molecule has 1 saturated heterocycles. The van der Waals surface area contributed by atoms with Crippen LogP contribution in [0.25, 0.3) is 21.9 Å². The van der Waals surface area contributed by atoms with Gasteiger partial charge in [-0.05, 0) is 36.6 Å². The number of furan rings is 1. The standard InChI is InChI=1S/C19H17NO3/c21-12-14-4-3-9-20(14)19(22)11-13-7-8-18-16(10-13)15-5-1-2-6-17(15)23-18/h1-2,5-8,10,12,14H,3-4,9,11H2. The van der Waals surface area contributed by atoms with Crippen molar-refractivity contribution in [3.63, 3.8) is 0 Å². The van der Waals surface area contributed by atoms with Crippen LogP contribution in [0.5, 0.6) is 0 Å². The van der Waals surface area contributed by atoms with Gasteiger partial charge < -0.3 is 14.1 Å². The van der Waals surface area contributed by atoms with Gasteiger partial charge in [0.2, 0.25) is 5.91 Å². The molecule has 1 atom stereocenters. The largest absolute Gasteiger partial charge is 0.456 e. The number of carbonyl (C=O) groups excluding carboxylic acids is 2. The Bertz CT molecular complexity index is 896. The summed E-state index contributed by atoms with van der Waals surface area (Å²) in [5, 5.41) is 2.09. The SMILES string of the molecule is O=CC1CCCN1C(=O)Cc1ccc2oc3ccccc3c2c1. The Hall–Kier alpha value is -2.62. The molecule has 23 heavy (non-hydrogen) atoms. The Balaban J connectivity index is 1.65. The van der Waals surface area contributed by atoms with Crippen molar-refractivity contribution in [1.29, 1.82) is 0 Å². The summed E-state index contributed by atoms with van der Waals surface area (Å²) in [5.74, 6) is 0.0201. The fraction of sp³-hybridized carbons (Fsp3) is 0.263. The highest BCUT2D eigenvalue weighted by molar-refractivity contribution is 6.05. The number of benzene rings is 2. The van der Waals surface area contributed by atoms with E-state index in [0.29, 0.717) is 13.0 Å². The maximum atomic E-state index is 12.5. The fourth-order valence-corrected chi connectivity index (χ4v) is 3.40. The molecule has 0 saturated carbocycles. The maximum Gasteiger partial charge on any atom is 0.227 e. The van der Waals surface area contributed by atoms with Gasteiger partial charge in [0.25, 0.3) is 0 Å². The number of nitrogens with zero attached hydrogens (tertiary/aromatic N) is 1. The molecule has 1 fully saturated rings. The summed E-state index contributed by atoms with van der Waals surface area (Å²) in [6.07, 6.45) is 2.89. The Labute approximate surface area is 133 Å². The third kappa shape index (κ3) is 2.40. The smallest absolute Gasteiger partial charge is 0.227 e. The van der Waals surface area contributed by atoms with Crippen LogP contribution < -0.4 is 0 Å². The molecule has 1 unspecified atom stereocenters. The molecule has 0 N–H and O–H groups in total. The second-order valence-electron chi connectivity index (χ2n) is 6.04. The summed E-state index contributed by atoms with van der Waals surface area (Å²) < 4.78 is 5.80. The molecule has 1 amide bonds. The van der Waals surface area contributed by atoms with Crippen LogP contribution in [0.4, 0.5) is 0 Å². The molecular formula is C19H17NO3. The number of amides is 1. The molecule has 0 bridgehead atoms. The van der Waals surface area contributed by atoms with E-state index in [0.717, 1.165) is 46.6 Å². The zero-order valence-corrected chi connectivity index (χ0v) is 12.7. The van der Waals surface area contributed by atoms with E-state index in [1.54, 1.807) is 4.90 Å². The van der Waals surface area contributed by atoms with Crippen LogP contribution in [0.1, 0.15) is 18.4 Å². The van der Waals surface area contributed by atoms with E-state index in [-0.39, 0.29) is 11.9 Å². The quantitative estimate of drug-likeness (QED) is 0.697. The summed E-state index contributed by atoms with van der Waals surface area (Å²) in [4.78, 5) is 25.2. The molecule has 0 aliphatic carbocycles. The van der Waals surface area contributed by atoms with Crippen molar-refractivity contribution >= 4 is 34.1 Å². The van der Waals surface area contributed by atoms with Gasteiger partial charge in [-0.2, -0.15) is 0 Å². The molecule has 1 aliphatic rings. The zero-order chi connectivity index (χ0) is 15.8. The number of aldehydes is 1. The van der Waals surface area contributed by atoms with E-state index in [1.165, 1.54) is 0 Å². The Morgan fingerprint density at radius 1 is 1.17 bits per heavy atom. The third-order valence-corrected chi connectivity index (χ3v) is 4.57. The molecule has 2 aromatic carbocycles. The molecule has 1 aromatic heterocycles. The maximum absolute atomic E-state index is 12.5. The topological polar surface area (TPSA) is 50.5 Å². The first-order valence-electron chi connectivity index (χ1n) is 7.91. The Morgan fingerprint density at radius 3 is 2.87 bits per heavy atom. The van der Waals surface area contributed by atoms with Crippen LogP contribution in [0.2, 0.25) is 0 Å². The van der Waals surface area contributed by atoms with E-state index < -0.39 is 0 Å². The number of hydrogen-bond donors (Lipinski definition) is 0. The lowest BCUT2D eigenvalue weighted by atomic mass is 10.1. The van der Waals surface area contributed by atoms with Crippen molar-refractivity contribution in [2.75, 3.05) is 6.54 Å². The van der Waals surface area contributed by atoms with Crippen molar-refractivity contribution in [1.82, 2.24) is 4.90 Å². The summed E-state index contributed by atoms with van der Waals surface area (Å²) in [7, 11) is 0. The van der Waals surface area contributed by atoms with Crippen molar-refractivity contribution in [3.05, 3.63) is 48.0 Å². The van der Waals surface area contributed by atoms with Crippen molar-refractivity contribution in [2.45, 2.75) is 25.3 Å². The number of hydrogen-bond acceptors (Lipinski definition) is 3. The van der Waals surface area contributed by atoms with E-state index in [4.69, 9.17) is 4.42 Å². The highest BCUT2D eigenvalue weighted by Crippen LogP contribution is 2.29. The fourth-order valence-electron chi connectivity index (χ4n) is 3.40. The van der Waals surface area contributed by atoms with Crippen LogP contribution in [0.3, 0.4) is 0 Å². The lowest BCUT2D eigenvalue weighted by Crippen LogP contribution is -2.37. The summed E-state index contributed by atoms with van der Waals surface area (Å²) in [6.45, 7) is 0.680. The highest BCUT2D eigenvalue weighted by atomic mass is 16.3. The van der Waals surface area contributed by atoms with Gasteiger partial charge in [-0.25, -0.2) is 0 Å². The molecule has 116 valence electrons. The van der Waals surface area contributed by atoms with Gasteiger partial charge in [-0.3, -0.25) is 4.79 Å². The first-order chi connectivity index (χ1) is 11.3. The molecular weight excluding hydrogens is 290 g/mol. The predicted molar refractivity (Wildman–Crippen MR) is 88.2 cm³/mol. The molecule has 4 rings (SSSR count). The van der Waals surface area contributed by atoms with Crippen LogP contribution >= 0.6 is 0 Å². The van der Waals surface area contributed by atoms with Gasteiger partial charge in [0, 0.05) is 17.3 Å². The molecule has 3 aromatic rings. The summed E-state index contributed by atoms with van der Waals surface area (Å²) >= 11 is 0. The van der Waals surface area contributed by atoms with E-state index in [9.17, 15) is 9.59 Å². The molecule has 4 nitrogen and oxygen atoms in total. The van der Waals surface area contributed by atoms with Crippen molar-refractivity contribution < 1.29 is 14.0 Å². The summed E-state index contributed by atoms with van der Waals surface area (Å²) in [5.41, 5.74) is 2.63. The molecule has 1 aliphatic heterocycles. The first-order valence-corrected chi connectivity index (χ1v) is 7.91. The van der Waals surface area contributed by atoms with Crippen molar-refractivity contribution in [2.24, 2.45) is 0 Å². The van der Waals surface area contributed by atoms with Crippen LogP contribution in [-0.4, -0.2) is 29.7 Å². The van der Waals surface area contributed by atoms with E-state index in [2.05, 4.69) is 0 Å². The van der Waals surface area contributed by atoms with Gasteiger partial charge in [-0.15, -0.1) is 0 Å². The normalized spacial score (nSPS) is 17.9. The van der Waals surface area contributed by atoms with Gasteiger partial charge in [0.1, 0.15) is 17.5 Å². The second kappa shape index (κ2) is 5.54. The lowest BCUT2D eigenvalue weighted by Gasteiger charge is -2.20. The summed E-state index contributed by atoms with van der Waals surface area (Å²) in [6, 6.07) is 13.5. The first kappa shape index (κ1) is 14.0. The Kier molecular flexibility index (Phi) is 3.37. The van der Waals surface area contributed by atoms with Crippen LogP contribution in [0, 0.1) is 0 Å². The number of fused-ring (bicyclic) bond motifs is 3. The van der Waals surface area contributed by atoms with Gasteiger partial charge in [0.15, 0.2) is 0 Å². The Morgan fingerprint density at radius 2 is 2.00 bits per heavy atom. The van der Waals surface area contributed by atoms with Gasteiger partial charge in [0.05, 0.1) is 12.5 Å². The van der Waals surface area contributed by atoms with E-state index >= 15 is 0 Å². The second-order valence-corrected chi connectivity index (χ2v) is 6.04. The monoisotopic (exact) mass is 307 g/mol. The van der Waals surface area contributed by atoms with Gasteiger partial charge >= 0.3 is 0 Å². The van der Waals surface area contributed by atoms with E-state index in [1.807, 2.05) is 42.5 Å². The molecule has 0 radical (unpaired) electrons. The molecule has 2 heterocycles. The van der Waals surface area contributed by atoms with Crippen LogP contribution in [-0.2, 0) is 16.0 Å². The van der Waals surface area contributed by atoms with Crippen LogP contribution in [0.15, 0.2) is 46.9 Å². The zero-order valence-electron chi connectivity index (χ0n) is 12.7. The average Bonchev–Trinajstić information content (AvgIpc) is 3.18. The average molecular weight is 307 g/mol. The minimum atomic E-state index is -0.249. The van der Waals surface area contributed by atoms with Gasteiger partial charge in [-0.1, -0.05) is 24.3 Å². The van der Waals surface area contributed by atoms with Crippen molar-refractivity contribution in [3.8, 4) is 0 Å². The lowest BCUT2D eigenvalue weighted by molar-refractivity contribution is -0.133. The molecule has 0 spiro atoms. The number of likely N-dealkylation sites (tertiary alicyclic amines) is 1. The predicted octanol–water partition coefficient (Wildman–Crippen LogP) is 3.32. The molecule has 4 heteroatoms. The number of para-hydroxylation sites is 1. The number of rotatable bonds is 3.